The van der Waals surface area contributed by atoms with Gasteiger partial charge in [0.1, 0.15) is 0 Å². The maximum absolute atomic E-state index is 13.5. The van der Waals surface area contributed by atoms with Crippen LogP contribution in [-0.4, -0.2) is 11.0 Å². The number of nitrogens with one attached hydrogen (secondary N) is 1. The molecule has 0 aromatic heterocycles. The van der Waals surface area contributed by atoms with E-state index in [1.54, 1.807) is 0 Å². The molecule has 1 N–H and O–H groups in total. The molecule has 2 rings (SSSR count). The topological polar surface area (TPSA) is 46.2 Å². The van der Waals surface area contributed by atoms with Gasteiger partial charge in [-0.25, -0.2) is 0 Å². The van der Waals surface area contributed by atoms with Crippen molar-refractivity contribution in [3.05, 3.63) is 29.8 Å². The number of benzene rings is 1. The van der Waals surface area contributed by atoms with E-state index < -0.39 is 0 Å². The Morgan fingerprint density at radius 3 is 2.39 bits per heavy atom. The molecule has 1 amide bonds. The number of hydrogen-bond donors (Lipinski definition) is 2. The second-order valence-electron chi connectivity index (χ2n) is 8.44. The van der Waals surface area contributed by atoms with E-state index in [0.717, 1.165) is 75.5 Å². The Morgan fingerprint density at radius 2 is 1.75 bits per heavy atom. The van der Waals surface area contributed by atoms with Crippen molar-refractivity contribution in [1.29, 1.82) is 0 Å². The normalized spacial score (nSPS) is 16.1. The van der Waals surface area contributed by atoms with Crippen molar-refractivity contribution in [1.82, 2.24) is 0 Å². The van der Waals surface area contributed by atoms with Gasteiger partial charge in [0.15, 0.2) is 5.12 Å². The molecule has 3 nitrogen and oxygen atoms in total. The van der Waals surface area contributed by atoms with Crippen LogP contribution in [0.3, 0.4) is 0 Å². The van der Waals surface area contributed by atoms with E-state index in [4.69, 9.17) is 0 Å². The van der Waals surface area contributed by atoms with E-state index in [1.165, 1.54) is 6.42 Å². The molecule has 1 saturated carbocycles. The zero-order chi connectivity index (χ0) is 20.4. The minimum atomic E-state index is -0.208. The van der Waals surface area contributed by atoms with Crippen molar-refractivity contribution in [3.8, 4) is 0 Å². The van der Waals surface area contributed by atoms with Gasteiger partial charge in [-0.05, 0) is 56.1 Å². The van der Waals surface area contributed by atoms with Gasteiger partial charge in [-0.1, -0.05) is 64.2 Å². The van der Waals surface area contributed by atoms with Gasteiger partial charge in [-0.3, -0.25) is 9.59 Å². The zero-order valence-corrected chi connectivity index (χ0v) is 18.5. The number of amides is 1. The highest BCUT2D eigenvalue weighted by Gasteiger charge is 2.40. The van der Waals surface area contributed by atoms with Crippen LogP contribution in [0.1, 0.15) is 90.0 Å². The lowest BCUT2D eigenvalue weighted by Crippen LogP contribution is -2.39. The van der Waals surface area contributed by atoms with Gasteiger partial charge in [0.2, 0.25) is 5.91 Å². The minimum absolute atomic E-state index is 0.0535. The molecule has 0 unspecified atom stereocenters. The molecule has 0 spiro atoms. The molecular weight excluding hydrogens is 366 g/mol. The van der Waals surface area contributed by atoms with E-state index in [2.05, 4.69) is 37.9 Å². The third-order valence-corrected chi connectivity index (χ3v) is 6.70. The molecule has 1 aromatic rings. The molecule has 0 saturated heterocycles. The summed E-state index contributed by atoms with van der Waals surface area (Å²) in [7, 11) is 0. The van der Waals surface area contributed by atoms with Gasteiger partial charge in [-0.15, -0.1) is 12.6 Å². The van der Waals surface area contributed by atoms with Crippen molar-refractivity contribution < 1.29 is 9.59 Å². The van der Waals surface area contributed by atoms with Crippen molar-refractivity contribution in [2.75, 3.05) is 5.32 Å². The maximum atomic E-state index is 13.5. The summed E-state index contributed by atoms with van der Waals surface area (Å²) in [5.74, 6) is 0.843. The highest BCUT2D eigenvalue weighted by molar-refractivity contribution is 7.96. The Hall–Kier alpha value is -1.29. The zero-order valence-electron chi connectivity index (χ0n) is 17.6. The van der Waals surface area contributed by atoms with Gasteiger partial charge in [0.05, 0.1) is 0 Å². The summed E-state index contributed by atoms with van der Waals surface area (Å²) in [6.07, 6.45) is 12.0. The van der Waals surface area contributed by atoms with E-state index in [0.29, 0.717) is 12.3 Å². The van der Waals surface area contributed by atoms with Crippen molar-refractivity contribution >= 4 is 29.3 Å². The number of unbranched alkanes of at least 4 members (excludes halogenated alkanes) is 1. The number of carbonyl (C=O) groups is 2. The molecule has 1 fully saturated rings. The fourth-order valence-corrected chi connectivity index (χ4v) is 4.75. The Morgan fingerprint density at radius 1 is 1.07 bits per heavy atom. The summed E-state index contributed by atoms with van der Waals surface area (Å²) in [4.78, 5) is 24.5. The maximum Gasteiger partial charge on any atom is 0.230 e. The number of hydrogen-bond acceptors (Lipinski definition) is 2. The van der Waals surface area contributed by atoms with Crippen LogP contribution in [0.25, 0.3) is 0 Å². The molecule has 156 valence electrons. The van der Waals surface area contributed by atoms with Crippen LogP contribution < -0.4 is 5.32 Å². The third-order valence-electron chi connectivity index (χ3n) is 6.48. The first-order valence-electron chi connectivity index (χ1n) is 11.1. The second kappa shape index (κ2) is 11.6. The molecular formula is C24H37NO2S. The number of carbonyl (C=O) groups excluding carboxylic acids is 2. The van der Waals surface area contributed by atoms with Crippen LogP contribution in [0.4, 0.5) is 5.69 Å². The summed E-state index contributed by atoms with van der Waals surface area (Å²) in [5, 5.41) is 3.25. The summed E-state index contributed by atoms with van der Waals surface area (Å²) in [5.41, 5.74) is 1.90. The van der Waals surface area contributed by atoms with Gasteiger partial charge in [0.25, 0.3) is 0 Å². The summed E-state index contributed by atoms with van der Waals surface area (Å²) >= 11 is 3.84. The first-order chi connectivity index (χ1) is 13.5. The van der Waals surface area contributed by atoms with E-state index in [9.17, 15) is 9.59 Å². The number of anilines is 1. The molecule has 1 aromatic carbocycles. The van der Waals surface area contributed by atoms with Crippen molar-refractivity contribution in [2.24, 2.45) is 11.3 Å². The Bertz CT molecular complexity index is 633. The molecule has 0 radical (unpaired) electrons. The molecule has 0 aliphatic heterocycles. The molecule has 1 aliphatic carbocycles. The van der Waals surface area contributed by atoms with Gasteiger partial charge >= 0.3 is 0 Å². The summed E-state index contributed by atoms with van der Waals surface area (Å²) < 4.78 is 0. The fraction of sp³-hybridized carbons (Fsp3) is 0.667. The molecule has 28 heavy (non-hydrogen) atoms. The minimum Gasteiger partial charge on any atom is -0.325 e. The Labute approximate surface area is 176 Å². The number of rotatable bonds is 11. The van der Waals surface area contributed by atoms with Crippen LogP contribution >= 0.6 is 12.6 Å². The van der Waals surface area contributed by atoms with Crippen LogP contribution in [0.2, 0.25) is 0 Å². The SMILES string of the molecule is CCC(CC)CC1(C(=O)Nc2ccccc2CCCCC(=O)S)CCCCC1. The van der Waals surface area contributed by atoms with E-state index in [1.807, 2.05) is 18.2 Å². The van der Waals surface area contributed by atoms with Crippen LogP contribution in [0, 0.1) is 11.3 Å². The number of thiol groups is 1. The van der Waals surface area contributed by atoms with E-state index in [-0.39, 0.29) is 16.4 Å². The molecule has 0 atom stereocenters. The monoisotopic (exact) mass is 403 g/mol. The highest BCUT2D eigenvalue weighted by Crippen LogP contribution is 2.44. The van der Waals surface area contributed by atoms with Crippen LogP contribution in [0.15, 0.2) is 24.3 Å². The van der Waals surface area contributed by atoms with Gasteiger partial charge in [-0.2, -0.15) is 0 Å². The van der Waals surface area contributed by atoms with Crippen LogP contribution in [0.5, 0.6) is 0 Å². The number of para-hydroxylation sites is 1. The summed E-state index contributed by atoms with van der Waals surface area (Å²) in [6, 6.07) is 8.12. The third kappa shape index (κ3) is 6.65. The molecule has 1 aliphatic rings. The average molecular weight is 404 g/mol. The van der Waals surface area contributed by atoms with E-state index >= 15 is 0 Å². The van der Waals surface area contributed by atoms with Crippen molar-refractivity contribution in [3.63, 3.8) is 0 Å². The quantitative estimate of drug-likeness (QED) is 0.324. The lowest BCUT2D eigenvalue weighted by Gasteiger charge is -2.38. The Balaban J connectivity index is 2.09. The Kier molecular flexibility index (Phi) is 9.57. The second-order valence-corrected chi connectivity index (χ2v) is 8.94. The van der Waals surface area contributed by atoms with Gasteiger partial charge in [0, 0.05) is 17.5 Å². The standard InChI is InChI=1S/C24H37NO2S/c1-3-19(4-2)18-24(16-10-5-11-17-24)23(27)25-21-14-8-6-12-20(21)13-7-9-15-22(26)28/h6,8,12,14,19H,3-5,7,9-11,13,15-18H2,1-2H3,(H,25,27)(H,26,28). The van der Waals surface area contributed by atoms with Crippen LogP contribution in [-0.2, 0) is 16.0 Å². The van der Waals surface area contributed by atoms with Gasteiger partial charge < -0.3 is 5.32 Å². The average Bonchev–Trinajstić information content (AvgIpc) is 2.71. The van der Waals surface area contributed by atoms with Crippen molar-refractivity contribution in [2.45, 2.75) is 90.9 Å². The summed E-state index contributed by atoms with van der Waals surface area (Å²) in [6.45, 7) is 4.49. The first kappa shape index (κ1) is 23.0. The molecule has 0 bridgehead atoms. The number of aryl methyl sites for hydroxylation is 1. The largest absolute Gasteiger partial charge is 0.325 e. The smallest absolute Gasteiger partial charge is 0.230 e. The lowest BCUT2D eigenvalue weighted by molar-refractivity contribution is -0.128. The highest BCUT2D eigenvalue weighted by atomic mass is 32.1. The lowest BCUT2D eigenvalue weighted by atomic mass is 9.67. The predicted octanol–water partition coefficient (Wildman–Crippen LogP) is 6.57. The molecule has 4 heteroatoms. The predicted molar refractivity (Wildman–Crippen MR) is 121 cm³/mol. The first-order valence-corrected chi connectivity index (χ1v) is 11.6. The molecule has 0 heterocycles. The fourth-order valence-electron chi connectivity index (χ4n) is 4.59.